The van der Waals surface area contributed by atoms with E-state index < -0.39 is 16.7 Å². The summed E-state index contributed by atoms with van der Waals surface area (Å²) in [7, 11) is 0. The lowest BCUT2D eigenvalue weighted by Crippen LogP contribution is -2.42. The van der Waals surface area contributed by atoms with Crippen LogP contribution in [0.5, 0.6) is 0 Å². The van der Waals surface area contributed by atoms with Gasteiger partial charge in [-0.25, -0.2) is 4.90 Å². The predicted octanol–water partition coefficient (Wildman–Crippen LogP) is 4.88. The average Bonchev–Trinajstić information content (AvgIpc) is 3.23. The van der Waals surface area contributed by atoms with Crippen LogP contribution in [0.1, 0.15) is 18.1 Å². The number of piperidine rings is 1. The molecule has 1 aliphatic heterocycles. The zero-order valence-electron chi connectivity index (χ0n) is 15.5. The topological polar surface area (TPSA) is 50.3 Å². The number of halogens is 2. The number of amides is 2. The van der Waals surface area contributed by atoms with Gasteiger partial charge in [-0.1, -0.05) is 53.5 Å². The van der Waals surface area contributed by atoms with E-state index in [2.05, 4.69) is 4.98 Å². The summed E-state index contributed by atoms with van der Waals surface area (Å²) in [6.45, 7) is 1.87. The van der Waals surface area contributed by atoms with Gasteiger partial charge in [-0.05, 0) is 48.4 Å². The Bertz CT molecular complexity index is 1090. The number of nitrogens with zero attached hydrogens (tertiary/aromatic N) is 2. The predicted molar refractivity (Wildman–Crippen MR) is 112 cm³/mol. The van der Waals surface area contributed by atoms with Gasteiger partial charge in [-0.3, -0.25) is 14.6 Å². The van der Waals surface area contributed by atoms with Crippen molar-refractivity contribution in [3.05, 3.63) is 94.2 Å². The Morgan fingerprint density at radius 3 is 2.03 bits per heavy atom. The number of pyridine rings is 1. The monoisotopic (exact) mass is 422 g/mol. The van der Waals surface area contributed by atoms with Crippen LogP contribution in [-0.2, 0) is 15.0 Å². The molecule has 1 aliphatic carbocycles. The molecule has 2 aliphatic rings. The van der Waals surface area contributed by atoms with Crippen molar-refractivity contribution < 1.29 is 9.59 Å². The number of carbonyl (C=O) groups excluding carboxylic acids is 2. The SMILES string of the molecule is C[C@]12C(=O)N(c3cc(Cl)cc(Cl)c3)C(=O)[C@H]1[C@]2(c1ccccc1)c1ccncc1. The van der Waals surface area contributed by atoms with Gasteiger partial charge >= 0.3 is 0 Å². The molecule has 3 aromatic rings. The third-order valence-electron chi connectivity index (χ3n) is 6.33. The fraction of sp³-hybridized carbons (Fsp3) is 0.174. The number of hydrogen-bond donors (Lipinski definition) is 0. The second-order valence-corrected chi connectivity index (χ2v) is 8.52. The Morgan fingerprint density at radius 2 is 1.48 bits per heavy atom. The fourth-order valence-corrected chi connectivity index (χ4v) is 5.65. The van der Waals surface area contributed by atoms with E-state index in [9.17, 15) is 9.59 Å². The molecule has 2 aromatic carbocycles. The van der Waals surface area contributed by atoms with E-state index in [1.807, 2.05) is 49.4 Å². The van der Waals surface area contributed by atoms with Crippen LogP contribution in [0.2, 0.25) is 10.0 Å². The first-order chi connectivity index (χ1) is 13.9. The first-order valence-electron chi connectivity index (χ1n) is 9.23. The highest BCUT2D eigenvalue weighted by Crippen LogP contribution is 2.76. The molecule has 0 spiro atoms. The van der Waals surface area contributed by atoms with Crippen LogP contribution in [0.25, 0.3) is 0 Å². The summed E-state index contributed by atoms with van der Waals surface area (Å²) >= 11 is 12.2. The standard InChI is InChI=1S/C23H16Cl2N2O2/c1-22-19(20(28)27(21(22)29)18-12-16(24)11-17(25)13-18)23(22,14-5-3-2-4-6-14)15-7-9-26-10-8-15/h2-13,19H,1H3/t19-,22-,23+/m1/s1. The van der Waals surface area contributed by atoms with E-state index in [-0.39, 0.29) is 11.8 Å². The van der Waals surface area contributed by atoms with E-state index in [0.717, 1.165) is 11.1 Å². The van der Waals surface area contributed by atoms with Gasteiger partial charge in [-0.2, -0.15) is 0 Å². The number of imide groups is 1. The lowest BCUT2D eigenvalue weighted by atomic mass is 9.79. The summed E-state index contributed by atoms with van der Waals surface area (Å²) in [5, 5.41) is 0.754. The van der Waals surface area contributed by atoms with Gasteiger partial charge in [0.2, 0.25) is 11.8 Å². The third-order valence-corrected chi connectivity index (χ3v) is 6.77. The van der Waals surface area contributed by atoms with Crippen LogP contribution in [0.15, 0.2) is 73.1 Å². The molecule has 0 unspecified atom stereocenters. The summed E-state index contributed by atoms with van der Waals surface area (Å²) in [4.78, 5) is 32.6. The molecule has 0 N–H and O–H groups in total. The maximum absolute atomic E-state index is 13.7. The Kier molecular flexibility index (Phi) is 3.89. The number of benzene rings is 2. The lowest BCUT2D eigenvalue weighted by Gasteiger charge is -2.29. The molecule has 1 saturated carbocycles. The molecule has 0 radical (unpaired) electrons. The van der Waals surface area contributed by atoms with E-state index in [0.29, 0.717) is 15.7 Å². The minimum absolute atomic E-state index is 0.239. The quantitative estimate of drug-likeness (QED) is 0.564. The summed E-state index contributed by atoms with van der Waals surface area (Å²) in [6, 6.07) is 18.3. The number of aromatic nitrogens is 1. The van der Waals surface area contributed by atoms with Crippen LogP contribution in [0.3, 0.4) is 0 Å². The molecule has 5 rings (SSSR count). The Labute approximate surface area is 178 Å². The summed E-state index contributed by atoms with van der Waals surface area (Å²) in [6.07, 6.45) is 3.39. The number of rotatable bonds is 3. The highest BCUT2D eigenvalue weighted by Gasteiger charge is 2.86. The van der Waals surface area contributed by atoms with Gasteiger partial charge in [0.1, 0.15) is 0 Å². The number of fused-ring (bicyclic) bond motifs is 1. The normalized spacial score (nSPS) is 27.8. The van der Waals surface area contributed by atoms with Crippen LogP contribution in [0.4, 0.5) is 5.69 Å². The zero-order valence-corrected chi connectivity index (χ0v) is 17.0. The van der Waals surface area contributed by atoms with Crippen LogP contribution < -0.4 is 4.90 Å². The van der Waals surface area contributed by atoms with Crippen molar-refractivity contribution in [2.75, 3.05) is 4.90 Å². The number of carbonyl (C=O) groups is 2. The Morgan fingerprint density at radius 1 is 0.897 bits per heavy atom. The minimum atomic E-state index is -0.901. The molecule has 4 nitrogen and oxygen atoms in total. The summed E-state index contributed by atoms with van der Waals surface area (Å²) in [5.41, 5.74) is 0.648. The van der Waals surface area contributed by atoms with Crippen molar-refractivity contribution in [1.82, 2.24) is 4.98 Å². The van der Waals surface area contributed by atoms with Crippen LogP contribution in [-0.4, -0.2) is 16.8 Å². The number of hydrogen-bond acceptors (Lipinski definition) is 3. The second kappa shape index (κ2) is 6.15. The molecule has 144 valence electrons. The molecule has 3 atom stereocenters. The van der Waals surface area contributed by atoms with E-state index in [1.165, 1.54) is 4.90 Å². The number of anilines is 1. The molecular weight excluding hydrogens is 407 g/mol. The maximum atomic E-state index is 13.7. The minimum Gasteiger partial charge on any atom is -0.274 e. The largest absolute Gasteiger partial charge is 0.274 e. The first kappa shape index (κ1) is 18.3. The molecule has 29 heavy (non-hydrogen) atoms. The lowest BCUT2D eigenvalue weighted by molar-refractivity contribution is -0.125. The molecule has 0 bridgehead atoms. The molecule has 1 saturated heterocycles. The molecule has 1 aromatic heterocycles. The van der Waals surface area contributed by atoms with Crippen molar-refractivity contribution in [2.24, 2.45) is 11.3 Å². The van der Waals surface area contributed by atoms with E-state index in [1.54, 1.807) is 30.6 Å². The van der Waals surface area contributed by atoms with E-state index >= 15 is 0 Å². The average molecular weight is 423 g/mol. The van der Waals surface area contributed by atoms with Crippen LogP contribution >= 0.6 is 23.2 Å². The summed E-state index contributed by atoms with van der Waals surface area (Å²) in [5.74, 6) is -0.993. The zero-order chi connectivity index (χ0) is 20.4. The van der Waals surface area contributed by atoms with Gasteiger partial charge in [-0.15, -0.1) is 0 Å². The fourth-order valence-electron chi connectivity index (χ4n) is 5.13. The maximum Gasteiger partial charge on any atom is 0.241 e. The van der Waals surface area contributed by atoms with Crippen LogP contribution in [0, 0.1) is 11.3 Å². The molecule has 2 amide bonds. The third kappa shape index (κ3) is 2.24. The molecule has 6 heteroatoms. The first-order valence-corrected chi connectivity index (χ1v) is 9.98. The van der Waals surface area contributed by atoms with E-state index in [4.69, 9.17) is 23.2 Å². The van der Waals surface area contributed by atoms with Crippen molar-refractivity contribution in [2.45, 2.75) is 12.3 Å². The highest BCUT2D eigenvalue weighted by atomic mass is 35.5. The van der Waals surface area contributed by atoms with Gasteiger partial charge in [0.15, 0.2) is 0 Å². The Hall–Kier alpha value is -2.69. The smallest absolute Gasteiger partial charge is 0.241 e. The van der Waals surface area contributed by atoms with Gasteiger partial charge < -0.3 is 0 Å². The highest BCUT2D eigenvalue weighted by molar-refractivity contribution is 6.36. The molecule has 2 heterocycles. The molecular formula is C23H16Cl2N2O2. The van der Waals surface area contributed by atoms with Crippen molar-refractivity contribution in [3.63, 3.8) is 0 Å². The van der Waals surface area contributed by atoms with Gasteiger partial charge in [0, 0.05) is 27.9 Å². The van der Waals surface area contributed by atoms with Gasteiger partial charge in [0.05, 0.1) is 17.0 Å². The van der Waals surface area contributed by atoms with Crippen molar-refractivity contribution in [3.8, 4) is 0 Å². The van der Waals surface area contributed by atoms with Crippen molar-refractivity contribution >= 4 is 40.7 Å². The second-order valence-electron chi connectivity index (χ2n) is 7.65. The summed E-state index contributed by atoms with van der Waals surface area (Å²) < 4.78 is 0. The van der Waals surface area contributed by atoms with Crippen molar-refractivity contribution in [1.29, 1.82) is 0 Å². The Balaban J connectivity index is 1.68. The van der Waals surface area contributed by atoms with Gasteiger partial charge in [0.25, 0.3) is 0 Å². The molecule has 2 fully saturated rings.